The number of alkyl halides is 3. The van der Waals surface area contributed by atoms with Crippen molar-refractivity contribution >= 4 is 17.3 Å². The van der Waals surface area contributed by atoms with Crippen LogP contribution in [-0.2, 0) is 19.9 Å². The molecule has 0 aliphatic heterocycles. The fourth-order valence-corrected chi connectivity index (χ4v) is 4.21. The second-order valence-electron chi connectivity index (χ2n) is 7.42. The Hall–Kier alpha value is -1.93. The van der Waals surface area contributed by atoms with Crippen LogP contribution in [0.15, 0.2) is 41.9 Å². The molecular formula is C23H30F3NO3S. The van der Waals surface area contributed by atoms with Crippen molar-refractivity contribution in [2.45, 2.75) is 76.2 Å². The number of unbranched alkanes of at least 4 members (excludes halogenated alkanes) is 6. The van der Waals surface area contributed by atoms with E-state index in [9.17, 15) is 18.0 Å². The first kappa shape index (κ1) is 25.3. The van der Waals surface area contributed by atoms with Gasteiger partial charge in [0.15, 0.2) is 6.10 Å². The monoisotopic (exact) mass is 457 g/mol. The molecule has 31 heavy (non-hydrogen) atoms. The van der Waals surface area contributed by atoms with Gasteiger partial charge in [-0.2, -0.15) is 13.2 Å². The van der Waals surface area contributed by atoms with Gasteiger partial charge in [0.1, 0.15) is 5.01 Å². The van der Waals surface area contributed by atoms with Crippen molar-refractivity contribution in [2.24, 2.45) is 0 Å². The zero-order valence-electron chi connectivity index (χ0n) is 18.0. The Labute approximate surface area is 185 Å². The normalized spacial score (nSPS) is 14.7. The fraction of sp³-hybridized carbons (Fsp3) is 0.565. The molecule has 0 radical (unpaired) electrons. The summed E-state index contributed by atoms with van der Waals surface area (Å²) < 4.78 is 52.6. The van der Waals surface area contributed by atoms with E-state index in [2.05, 4.69) is 11.9 Å². The number of hydrogen-bond donors (Lipinski definition) is 0. The molecule has 0 saturated carbocycles. The van der Waals surface area contributed by atoms with Crippen LogP contribution in [0.2, 0.25) is 0 Å². The number of nitrogens with zero attached hydrogens (tertiary/aromatic N) is 1. The molecule has 1 aromatic heterocycles. The SMILES string of the molecule is CCCCCCCCC[C@H](OC(=O)[C@](OC)(c1ccccc1)C(F)(F)F)c1nccs1. The maximum absolute atomic E-state index is 14.1. The van der Waals surface area contributed by atoms with Crippen LogP contribution >= 0.6 is 11.3 Å². The molecule has 2 rings (SSSR count). The van der Waals surface area contributed by atoms with Crippen molar-refractivity contribution in [3.05, 3.63) is 52.5 Å². The van der Waals surface area contributed by atoms with Gasteiger partial charge in [0.2, 0.25) is 0 Å². The molecule has 0 N–H and O–H groups in total. The number of rotatable bonds is 13. The zero-order valence-corrected chi connectivity index (χ0v) is 18.8. The van der Waals surface area contributed by atoms with E-state index in [0.717, 1.165) is 32.8 Å². The molecule has 0 fully saturated rings. The summed E-state index contributed by atoms with van der Waals surface area (Å²) in [5.74, 6) is -1.48. The van der Waals surface area contributed by atoms with Crippen molar-refractivity contribution < 1.29 is 27.4 Å². The molecule has 0 aliphatic carbocycles. The molecule has 2 aromatic rings. The van der Waals surface area contributed by atoms with Crippen molar-refractivity contribution in [3.8, 4) is 0 Å². The van der Waals surface area contributed by atoms with Crippen LogP contribution in [0.3, 0.4) is 0 Å². The van der Waals surface area contributed by atoms with Crippen LogP contribution in [0.25, 0.3) is 0 Å². The van der Waals surface area contributed by atoms with E-state index >= 15 is 0 Å². The lowest BCUT2D eigenvalue weighted by atomic mass is 9.92. The quantitative estimate of drug-likeness (QED) is 0.241. The molecule has 0 saturated heterocycles. The van der Waals surface area contributed by atoms with Gasteiger partial charge in [-0.3, -0.25) is 0 Å². The van der Waals surface area contributed by atoms with Gasteiger partial charge < -0.3 is 9.47 Å². The Morgan fingerprint density at radius 3 is 2.26 bits per heavy atom. The van der Waals surface area contributed by atoms with Crippen LogP contribution in [0, 0.1) is 0 Å². The number of benzene rings is 1. The number of aromatic nitrogens is 1. The number of thiazole rings is 1. The molecule has 2 atom stereocenters. The van der Waals surface area contributed by atoms with E-state index in [-0.39, 0.29) is 5.56 Å². The summed E-state index contributed by atoms with van der Waals surface area (Å²) in [6.45, 7) is 2.16. The predicted octanol–water partition coefficient (Wildman–Crippen LogP) is 6.97. The number of methoxy groups -OCH3 is 1. The Bertz CT molecular complexity index is 768. The molecule has 0 unspecified atom stereocenters. The van der Waals surface area contributed by atoms with E-state index in [1.807, 2.05) is 0 Å². The summed E-state index contributed by atoms with van der Waals surface area (Å²) in [6, 6.07) is 6.86. The first-order valence-electron chi connectivity index (χ1n) is 10.6. The number of carbonyl (C=O) groups excluding carboxylic acids is 1. The Balaban J connectivity index is 2.15. The number of hydrogen-bond acceptors (Lipinski definition) is 5. The predicted molar refractivity (Wildman–Crippen MR) is 115 cm³/mol. The van der Waals surface area contributed by atoms with Crippen molar-refractivity contribution in [3.63, 3.8) is 0 Å². The third-order valence-corrected chi connectivity index (χ3v) is 6.09. The van der Waals surface area contributed by atoms with E-state index in [0.29, 0.717) is 11.4 Å². The first-order valence-corrected chi connectivity index (χ1v) is 11.5. The van der Waals surface area contributed by atoms with Crippen molar-refractivity contribution in [1.29, 1.82) is 0 Å². The number of halogens is 3. The van der Waals surface area contributed by atoms with Crippen LogP contribution in [-0.4, -0.2) is 24.2 Å². The summed E-state index contributed by atoms with van der Waals surface area (Å²) >= 11 is 1.26. The molecular weight excluding hydrogens is 427 g/mol. The van der Waals surface area contributed by atoms with E-state index in [1.165, 1.54) is 54.9 Å². The van der Waals surface area contributed by atoms with Crippen molar-refractivity contribution in [1.82, 2.24) is 4.98 Å². The minimum absolute atomic E-state index is 0.316. The lowest BCUT2D eigenvalue weighted by Crippen LogP contribution is -2.52. The maximum atomic E-state index is 14.1. The van der Waals surface area contributed by atoms with Gasteiger partial charge in [-0.05, 0) is 12.8 Å². The fourth-order valence-electron chi connectivity index (χ4n) is 3.51. The highest BCUT2D eigenvalue weighted by molar-refractivity contribution is 7.09. The number of esters is 1. The molecule has 1 aromatic carbocycles. The smallest absolute Gasteiger partial charge is 0.432 e. The highest BCUT2D eigenvalue weighted by Gasteiger charge is 2.64. The van der Waals surface area contributed by atoms with Gasteiger partial charge in [0, 0.05) is 24.3 Å². The standard InChI is InChI=1S/C23H30F3NO3S/c1-3-4-5-6-7-8-12-15-19(20-27-16-17-31-20)30-21(28)22(29-2,23(24,25)26)18-13-10-9-11-14-18/h9-11,13-14,16-17,19H,3-8,12,15H2,1-2H3/t19-,22+/m0/s1. The van der Waals surface area contributed by atoms with Crippen LogP contribution in [0.4, 0.5) is 13.2 Å². The van der Waals surface area contributed by atoms with Gasteiger partial charge in [-0.1, -0.05) is 75.8 Å². The van der Waals surface area contributed by atoms with E-state index in [1.54, 1.807) is 17.6 Å². The molecule has 0 aliphatic rings. The van der Waals surface area contributed by atoms with Crippen molar-refractivity contribution in [2.75, 3.05) is 7.11 Å². The largest absolute Gasteiger partial charge is 0.452 e. The second kappa shape index (κ2) is 12.2. The van der Waals surface area contributed by atoms with Gasteiger partial charge >= 0.3 is 12.1 Å². The van der Waals surface area contributed by atoms with E-state index in [4.69, 9.17) is 9.47 Å². The van der Waals surface area contributed by atoms with Gasteiger partial charge in [0.05, 0.1) is 0 Å². The Morgan fingerprint density at radius 2 is 1.71 bits per heavy atom. The molecule has 0 amide bonds. The molecule has 0 bridgehead atoms. The van der Waals surface area contributed by atoms with E-state index < -0.39 is 23.9 Å². The summed E-state index contributed by atoms with van der Waals surface area (Å²) in [6.07, 6.45) is 3.53. The molecule has 4 nitrogen and oxygen atoms in total. The molecule has 0 spiro atoms. The summed E-state index contributed by atoms with van der Waals surface area (Å²) in [5.41, 5.74) is -3.51. The maximum Gasteiger partial charge on any atom is 0.432 e. The lowest BCUT2D eigenvalue weighted by molar-refractivity contribution is -0.278. The van der Waals surface area contributed by atoms with Gasteiger partial charge in [-0.15, -0.1) is 11.3 Å². The first-order chi connectivity index (χ1) is 14.9. The zero-order chi connectivity index (χ0) is 22.7. The van der Waals surface area contributed by atoms with Gasteiger partial charge in [0.25, 0.3) is 5.60 Å². The number of carbonyl (C=O) groups is 1. The van der Waals surface area contributed by atoms with Crippen LogP contribution < -0.4 is 0 Å². The Kier molecular flexibility index (Phi) is 9.96. The summed E-state index contributed by atoms with van der Waals surface area (Å²) in [5, 5.41) is 2.20. The minimum atomic E-state index is -4.99. The Morgan fingerprint density at radius 1 is 1.06 bits per heavy atom. The highest BCUT2D eigenvalue weighted by atomic mass is 32.1. The average Bonchev–Trinajstić information content (AvgIpc) is 3.27. The summed E-state index contributed by atoms with van der Waals surface area (Å²) in [4.78, 5) is 17.1. The second-order valence-corrected chi connectivity index (χ2v) is 8.35. The topological polar surface area (TPSA) is 48.4 Å². The highest BCUT2D eigenvalue weighted by Crippen LogP contribution is 2.44. The summed E-state index contributed by atoms with van der Waals surface area (Å²) in [7, 11) is 0.871. The third-order valence-electron chi connectivity index (χ3n) is 5.22. The molecule has 172 valence electrons. The average molecular weight is 458 g/mol. The van der Waals surface area contributed by atoms with Crippen LogP contribution in [0.1, 0.15) is 75.0 Å². The number of ether oxygens (including phenoxy) is 2. The van der Waals surface area contributed by atoms with Crippen LogP contribution in [0.5, 0.6) is 0 Å². The molecule has 8 heteroatoms. The van der Waals surface area contributed by atoms with Gasteiger partial charge in [-0.25, -0.2) is 9.78 Å². The third kappa shape index (κ3) is 6.53. The minimum Gasteiger partial charge on any atom is -0.452 e. The molecule has 1 heterocycles. The lowest BCUT2D eigenvalue weighted by Gasteiger charge is -2.33.